The van der Waals surface area contributed by atoms with Crippen LogP contribution in [0.1, 0.15) is 0 Å². The largest absolute Gasteiger partial charge is 0.548 e. The second-order valence-electron chi connectivity index (χ2n) is 2.75. The molecule has 0 N–H and O–H groups in total. The minimum atomic E-state index is -0.547. The monoisotopic (exact) mass is 238 g/mol. The summed E-state index contributed by atoms with van der Waals surface area (Å²) >= 11 is 0.980. The first kappa shape index (κ1) is 10.1. The Bertz CT molecular complexity index is 594. The topological polar surface area (TPSA) is 115 Å². The second kappa shape index (κ2) is 3.63. The maximum absolute atomic E-state index is 10.6. The molecule has 0 aromatic carbocycles. The minimum absolute atomic E-state index is 0.0700. The molecule has 0 unspecified atom stereocenters. The summed E-state index contributed by atoms with van der Waals surface area (Å²) in [6.45, 7) is 0. The quantitative estimate of drug-likeness (QED) is 0.442. The van der Waals surface area contributed by atoms with Gasteiger partial charge in [-0.3, -0.25) is 0 Å². The van der Waals surface area contributed by atoms with Crippen LogP contribution in [0.3, 0.4) is 0 Å². The van der Waals surface area contributed by atoms with Gasteiger partial charge in [-0.25, -0.2) is 9.55 Å². The van der Waals surface area contributed by atoms with E-state index in [0.717, 1.165) is 17.5 Å². The van der Waals surface area contributed by atoms with Gasteiger partial charge in [-0.2, -0.15) is 0 Å². The Morgan fingerprint density at radius 2 is 2.38 bits per heavy atom. The van der Waals surface area contributed by atoms with E-state index in [4.69, 9.17) is 5.39 Å². The molecule has 0 bridgehead atoms. The Labute approximate surface area is 92.2 Å². The predicted molar refractivity (Wildman–Crippen MR) is 53.5 cm³/mol. The smallest absolute Gasteiger partial charge is 0.358 e. The SMILES string of the molecule is Cn1c([N+](=O)[O-])cnc1-c1nnc([N+]#N)s1. The van der Waals surface area contributed by atoms with Crippen molar-refractivity contribution in [3.05, 3.63) is 21.3 Å². The van der Waals surface area contributed by atoms with E-state index in [0.29, 0.717) is 10.8 Å². The third kappa shape index (κ3) is 1.48. The fraction of sp³-hybridized carbons (Fsp3) is 0.167. The molecule has 2 aromatic rings. The summed E-state index contributed by atoms with van der Waals surface area (Å²) in [5.41, 5.74) is 0. The molecule has 2 heterocycles. The van der Waals surface area contributed by atoms with Crippen LogP contribution in [0, 0.1) is 15.5 Å². The summed E-state index contributed by atoms with van der Waals surface area (Å²) in [7, 11) is 1.50. The highest BCUT2D eigenvalue weighted by Gasteiger charge is 2.25. The van der Waals surface area contributed by atoms with Crippen molar-refractivity contribution in [1.82, 2.24) is 19.7 Å². The van der Waals surface area contributed by atoms with Crippen LogP contribution in [0.2, 0.25) is 0 Å². The van der Waals surface area contributed by atoms with Gasteiger partial charge in [-0.05, 0) is 10.0 Å². The molecule has 0 saturated carbocycles. The van der Waals surface area contributed by atoms with Crippen molar-refractivity contribution in [2.24, 2.45) is 7.05 Å². The summed E-state index contributed by atoms with van der Waals surface area (Å²) in [5.74, 6) is 0.159. The van der Waals surface area contributed by atoms with Gasteiger partial charge in [0.25, 0.3) is 5.82 Å². The average Bonchev–Trinajstić information content (AvgIpc) is 2.83. The zero-order valence-corrected chi connectivity index (χ0v) is 8.75. The van der Waals surface area contributed by atoms with Gasteiger partial charge in [0.15, 0.2) is 0 Å². The van der Waals surface area contributed by atoms with Gasteiger partial charge < -0.3 is 10.1 Å². The molecule has 0 atom stereocenters. The minimum Gasteiger partial charge on any atom is -0.358 e. The van der Waals surface area contributed by atoms with E-state index in [-0.39, 0.29) is 10.9 Å². The lowest BCUT2D eigenvalue weighted by Crippen LogP contribution is -1.98. The Morgan fingerprint density at radius 1 is 1.62 bits per heavy atom. The van der Waals surface area contributed by atoms with Crippen molar-refractivity contribution in [2.45, 2.75) is 0 Å². The van der Waals surface area contributed by atoms with Crippen LogP contribution in [0.5, 0.6) is 0 Å². The van der Waals surface area contributed by atoms with E-state index in [1.54, 1.807) is 0 Å². The van der Waals surface area contributed by atoms with Crippen LogP contribution >= 0.6 is 11.3 Å². The van der Waals surface area contributed by atoms with Gasteiger partial charge in [0, 0.05) is 16.3 Å². The van der Waals surface area contributed by atoms with E-state index in [1.165, 1.54) is 11.6 Å². The Morgan fingerprint density at radius 3 is 2.88 bits per heavy atom. The third-order valence-corrected chi connectivity index (χ3v) is 2.65. The Hall–Kier alpha value is -2.41. The van der Waals surface area contributed by atoms with Gasteiger partial charge in [0.05, 0.1) is 12.4 Å². The Kier molecular flexibility index (Phi) is 2.29. The van der Waals surface area contributed by atoms with Crippen LogP contribution < -0.4 is 0 Å². The number of hydrogen-bond acceptors (Lipinski definition) is 7. The molecule has 10 heteroatoms. The molecule has 0 radical (unpaired) electrons. The molecule has 0 saturated heterocycles. The van der Waals surface area contributed by atoms with Crippen LogP contribution in [-0.2, 0) is 7.05 Å². The number of imidazole rings is 1. The van der Waals surface area contributed by atoms with Gasteiger partial charge >= 0.3 is 10.9 Å². The fourth-order valence-electron chi connectivity index (χ4n) is 1.12. The maximum Gasteiger partial charge on any atom is 0.548 e. The molecule has 16 heavy (non-hydrogen) atoms. The predicted octanol–water partition coefficient (Wildman–Crippen LogP) is 1.33. The van der Waals surface area contributed by atoms with Gasteiger partial charge in [0.1, 0.15) is 11.3 Å². The zero-order valence-electron chi connectivity index (χ0n) is 7.93. The van der Waals surface area contributed by atoms with Gasteiger partial charge in [0.2, 0.25) is 5.01 Å². The van der Waals surface area contributed by atoms with Crippen molar-refractivity contribution in [1.29, 1.82) is 5.39 Å². The molecule has 2 rings (SSSR count). The van der Waals surface area contributed by atoms with Crippen molar-refractivity contribution in [2.75, 3.05) is 0 Å². The van der Waals surface area contributed by atoms with E-state index in [1.807, 2.05) is 0 Å². The van der Waals surface area contributed by atoms with Crippen LogP contribution in [0.4, 0.5) is 10.9 Å². The standard InChI is InChI=1S/C6H4N7O2S/c1-12-3(13(14)15)2-8-4(12)5-10-11-6(9-7)16-5/h2H,1H3/q+1. The van der Waals surface area contributed by atoms with E-state index in [9.17, 15) is 10.1 Å². The van der Waals surface area contributed by atoms with Crippen molar-refractivity contribution < 1.29 is 4.92 Å². The molecule has 0 fully saturated rings. The van der Waals surface area contributed by atoms with Gasteiger partial charge in [-0.15, -0.1) is 0 Å². The van der Waals surface area contributed by atoms with E-state index < -0.39 is 4.92 Å². The van der Waals surface area contributed by atoms with Crippen LogP contribution in [-0.4, -0.2) is 24.7 Å². The first-order chi connectivity index (χ1) is 7.63. The third-order valence-electron chi connectivity index (χ3n) is 1.84. The normalized spacial score (nSPS) is 10.0. The maximum atomic E-state index is 10.6. The second-order valence-corrected chi connectivity index (χ2v) is 3.70. The van der Waals surface area contributed by atoms with Crippen molar-refractivity contribution in [3.8, 4) is 10.8 Å². The Balaban J connectivity index is 2.49. The lowest BCUT2D eigenvalue weighted by Gasteiger charge is -1.93. The van der Waals surface area contributed by atoms with E-state index in [2.05, 4.69) is 20.2 Å². The lowest BCUT2D eigenvalue weighted by molar-refractivity contribution is -0.391. The first-order valence-corrected chi connectivity index (χ1v) is 4.80. The number of diazo groups is 1. The van der Waals surface area contributed by atoms with Crippen molar-refractivity contribution in [3.63, 3.8) is 0 Å². The number of nitro groups is 1. The number of nitrogens with zero attached hydrogens (tertiary/aromatic N) is 7. The number of hydrogen-bond donors (Lipinski definition) is 0. The summed E-state index contributed by atoms with van der Waals surface area (Å²) in [6, 6.07) is 0. The molecule has 0 aliphatic rings. The highest BCUT2D eigenvalue weighted by Crippen LogP contribution is 2.28. The molecule has 0 spiro atoms. The van der Waals surface area contributed by atoms with Crippen LogP contribution in [0.25, 0.3) is 15.8 Å². The molecule has 9 nitrogen and oxygen atoms in total. The molecule has 0 aliphatic heterocycles. The molecule has 80 valence electrons. The first-order valence-electron chi connectivity index (χ1n) is 3.98. The summed E-state index contributed by atoms with van der Waals surface area (Å²) in [4.78, 5) is 16.8. The molecule has 2 aromatic heterocycles. The molecule has 0 aliphatic carbocycles. The summed E-state index contributed by atoms with van der Waals surface area (Å²) in [6.07, 6.45) is 1.13. The summed E-state index contributed by atoms with van der Waals surface area (Å²) < 4.78 is 1.28. The fourth-order valence-corrected chi connectivity index (χ4v) is 1.77. The van der Waals surface area contributed by atoms with E-state index >= 15 is 0 Å². The number of rotatable bonds is 2. The lowest BCUT2D eigenvalue weighted by atomic mass is 10.6. The van der Waals surface area contributed by atoms with Crippen LogP contribution in [0.15, 0.2) is 6.20 Å². The molecule has 0 amide bonds. The number of aromatic nitrogens is 4. The summed E-state index contributed by atoms with van der Waals surface area (Å²) in [5, 5.41) is 26.7. The highest BCUT2D eigenvalue weighted by atomic mass is 32.1. The zero-order chi connectivity index (χ0) is 11.7. The average molecular weight is 238 g/mol. The molecular formula is C6H4N7O2S+. The van der Waals surface area contributed by atoms with Gasteiger partial charge in [-0.1, -0.05) is 0 Å². The highest BCUT2D eigenvalue weighted by molar-refractivity contribution is 7.18. The molecular weight excluding hydrogens is 234 g/mol. The van der Waals surface area contributed by atoms with Crippen molar-refractivity contribution >= 4 is 22.3 Å².